The summed E-state index contributed by atoms with van der Waals surface area (Å²) < 4.78 is 11.1. The molecular formula is C16H30IN5O2. The number of aromatic nitrogens is 1. The van der Waals surface area contributed by atoms with E-state index in [-0.39, 0.29) is 30.1 Å². The zero-order valence-electron chi connectivity index (χ0n) is 15.0. The normalized spacial score (nSPS) is 19.2. The Morgan fingerprint density at radius 1 is 1.46 bits per heavy atom. The van der Waals surface area contributed by atoms with Crippen LogP contribution in [0, 0.1) is 0 Å². The second kappa shape index (κ2) is 10.9. The van der Waals surface area contributed by atoms with Crippen LogP contribution in [0.1, 0.15) is 38.1 Å². The minimum absolute atomic E-state index is 0. The highest BCUT2D eigenvalue weighted by atomic mass is 127. The molecule has 2 N–H and O–H groups in total. The highest BCUT2D eigenvalue weighted by Gasteiger charge is 2.17. The molecule has 2 rings (SSSR count). The Morgan fingerprint density at radius 2 is 2.25 bits per heavy atom. The summed E-state index contributed by atoms with van der Waals surface area (Å²) in [5.74, 6) is 1.91. The first-order chi connectivity index (χ1) is 11.1. The van der Waals surface area contributed by atoms with Gasteiger partial charge >= 0.3 is 0 Å². The molecule has 8 heteroatoms. The van der Waals surface area contributed by atoms with Crippen molar-refractivity contribution in [3.8, 4) is 0 Å². The maximum absolute atomic E-state index is 5.75. The molecule has 1 aliphatic heterocycles. The minimum atomic E-state index is 0. The van der Waals surface area contributed by atoms with E-state index in [1.807, 2.05) is 13.0 Å². The molecule has 0 amide bonds. The van der Waals surface area contributed by atoms with Crippen molar-refractivity contribution in [2.75, 3.05) is 39.8 Å². The average molecular weight is 451 g/mol. The lowest BCUT2D eigenvalue weighted by Crippen LogP contribution is -2.48. The second-order valence-electron chi connectivity index (χ2n) is 6.20. The number of ether oxygens (including phenoxy) is 1. The van der Waals surface area contributed by atoms with Gasteiger partial charge in [-0.15, -0.1) is 24.0 Å². The van der Waals surface area contributed by atoms with Crippen molar-refractivity contribution in [2.45, 2.75) is 39.3 Å². The minimum Gasteiger partial charge on any atom is -0.374 e. The zero-order chi connectivity index (χ0) is 16.7. The average Bonchev–Trinajstić information content (AvgIpc) is 2.99. The molecule has 0 aromatic carbocycles. The molecule has 138 valence electrons. The number of hydrogen-bond donors (Lipinski definition) is 2. The number of rotatable bonds is 6. The van der Waals surface area contributed by atoms with E-state index in [1.165, 1.54) is 0 Å². The van der Waals surface area contributed by atoms with Gasteiger partial charge in [0.2, 0.25) is 0 Å². The molecule has 1 aliphatic rings. The number of guanidine groups is 1. The Morgan fingerprint density at radius 3 is 2.88 bits per heavy atom. The van der Waals surface area contributed by atoms with Gasteiger partial charge in [0.15, 0.2) is 11.7 Å². The summed E-state index contributed by atoms with van der Waals surface area (Å²) in [6.07, 6.45) is 0.190. The van der Waals surface area contributed by atoms with E-state index in [0.717, 1.165) is 50.2 Å². The van der Waals surface area contributed by atoms with E-state index >= 15 is 0 Å². The van der Waals surface area contributed by atoms with E-state index < -0.39 is 0 Å². The van der Waals surface area contributed by atoms with Gasteiger partial charge < -0.3 is 24.8 Å². The first-order valence-electron chi connectivity index (χ1n) is 8.36. The molecule has 1 aromatic heterocycles. The maximum Gasteiger partial charge on any atom is 0.191 e. The number of nitrogens with one attached hydrogen (secondary N) is 2. The van der Waals surface area contributed by atoms with Crippen molar-refractivity contribution >= 4 is 29.9 Å². The first-order valence-corrected chi connectivity index (χ1v) is 8.36. The third-order valence-electron chi connectivity index (χ3n) is 3.74. The molecule has 1 unspecified atom stereocenters. The molecule has 1 saturated heterocycles. The highest BCUT2D eigenvalue weighted by Crippen LogP contribution is 2.14. The van der Waals surface area contributed by atoms with Crippen molar-refractivity contribution in [1.82, 2.24) is 20.7 Å². The van der Waals surface area contributed by atoms with Gasteiger partial charge in [0, 0.05) is 32.2 Å². The van der Waals surface area contributed by atoms with Gasteiger partial charge in [0.1, 0.15) is 6.54 Å². The zero-order valence-corrected chi connectivity index (χ0v) is 17.4. The fourth-order valence-corrected chi connectivity index (χ4v) is 2.38. The van der Waals surface area contributed by atoms with Crippen LogP contribution < -0.4 is 10.6 Å². The van der Waals surface area contributed by atoms with E-state index in [4.69, 9.17) is 9.26 Å². The summed E-state index contributed by atoms with van der Waals surface area (Å²) in [6, 6.07) is 1.97. The van der Waals surface area contributed by atoms with Crippen LogP contribution in [0.3, 0.4) is 0 Å². The lowest BCUT2D eigenvalue weighted by Gasteiger charge is -2.30. The predicted molar refractivity (Wildman–Crippen MR) is 106 cm³/mol. The second-order valence-corrected chi connectivity index (χ2v) is 6.20. The topological polar surface area (TPSA) is 74.9 Å². The molecule has 0 saturated carbocycles. The Balaban J connectivity index is 0.00000288. The number of nitrogens with zero attached hydrogens (tertiary/aromatic N) is 3. The summed E-state index contributed by atoms with van der Waals surface area (Å²) in [7, 11) is 2.12. The maximum atomic E-state index is 5.75. The molecular weight excluding hydrogens is 421 g/mol. The largest absolute Gasteiger partial charge is 0.374 e. The van der Waals surface area contributed by atoms with Gasteiger partial charge in [-0.1, -0.05) is 19.0 Å². The van der Waals surface area contributed by atoms with Gasteiger partial charge in [-0.3, -0.25) is 0 Å². The fraction of sp³-hybridized carbons (Fsp3) is 0.750. The lowest BCUT2D eigenvalue weighted by atomic mass is 10.1. The van der Waals surface area contributed by atoms with Crippen molar-refractivity contribution in [2.24, 2.45) is 4.99 Å². The lowest BCUT2D eigenvalue weighted by molar-refractivity contribution is -0.0161. The van der Waals surface area contributed by atoms with Crippen molar-refractivity contribution in [3.63, 3.8) is 0 Å². The monoisotopic (exact) mass is 451 g/mol. The molecule has 1 aromatic rings. The summed E-state index contributed by atoms with van der Waals surface area (Å²) in [5, 5.41) is 10.6. The third-order valence-corrected chi connectivity index (χ3v) is 3.74. The molecule has 0 spiro atoms. The molecule has 0 aliphatic carbocycles. The SMILES string of the molecule is CCNC(=NCc1cc(C(C)C)no1)NCC1CN(C)CCO1.I. The van der Waals surface area contributed by atoms with E-state index in [2.05, 4.69) is 46.6 Å². The first kappa shape index (κ1) is 21.2. The molecule has 7 nitrogen and oxygen atoms in total. The van der Waals surface area contributed by atoms with Crippen LogP contribution in [0.15, 0.2) is 15.6 Å². The van der Waals surface area contributed by atoms with Gasteiger partial charge in [-0.25, -0.2) is 4.99 Å². The number of aliphatic imine (C=N–C) groups is 1. The van der Waals surface area contributed by atoms with Gasteiger partial charge in [0.25, 0.3) is 0 Å². The molecule has 0 radical (unpaired) electrons. The number of likely N-dealkylation sites (N-methyl/N-ethyl adjacent to an activating group) is 1. The standard InChI is InChI=1S/C16H29N5O2.HI/c1-5-17-16(19-10-14-11-21(4)6-7-22-14)18-9-13-8-15(12(2)3)20-23-13;/h8,12,14H,5-7,9-11H2,1-4H3,(H2,17,18,19);1H. The van der Waals surface area contributed by atoms with Crippen LogP contribution in [-0.4, -0.2) is 62.0 Å². The Bertz CT molecular complexity index is 506. The quantitative estimate of drug-likeness (QED) is 0.391. The van der Waals surface area contributed by atoms with Crippen LogP contribution in [0.2, 0.25) is 0 Å². The van der Waals surface area contributed by atoms with Crippen molar-refractivity contribution in [3.05, 3.63) is 17.5 Å². The smallest absolute Gasteiger partial charge is 0.191 e. The number of halogens is 1. The molecule has 24 heavy (non-hydrogen) atoms. The van der Waals surface area contributed by atoms with E-state index in [0.29, 0.717) is 12.5 Å². The van der Waals surface area contributed by atoms with Crippen LogP contribution in [-0.2, 0) is 11.3 Å². The van der Waals surface area contributed by atoms with Crippen LogP contribution in [0.25, 0.3) is 0 Å². The summed E-state index contributed by atoms with van der Waals surface area (Å²) in [6.45, 7) is 11.0. The molecule has 1 atom stereocenters. The molecule has 2 heterocycles. The van der Waals surface area contributed by atoms with E-state index in [9.17, 15) is 0 Å². The Hall–Kier alpha value is -0.870. The third kappa shape index (κ3) is 6.94. The van der Waals surface area contributed by atoms with Gasteiger partial charge in [0.05, 0.1) is 18.4 Å². The van der Waals surface area contributed by atoms with Crippen molar-refractivity contribution in [1.29, 1.82) is 0 Å². The van der Waals surface area contributed by atoms with Crippen LogP contribution in [0.4, 0.5) is 0 Å². The molecule has 1 fully saturated rings. The Kier molecular flexibility index (Phi) is 9.60. The fourth-order valence-electron chi connectivity index (χ4n) is 2.38. The van der Waals surface area contributed by atoms with Gasteiger partial charge in [-0.05, 0) is 19.9 Å². The number of hydrogen-bond acceptors (Lipinski definition) is 5. The van der Waals surface area contributed by atoms with Crippen molar-refractivity contribution < 1.29 is 9.26 Å². The van der Waals surface area contributed by atoms with Gasteiger partial charge in [-0.2, -0.15) is 0 Å². The van der Waals surface area contributed by atoms with Crippen LogP contribution >= 0.6 is 24.0 Å². The summed E-state index contributed by atoms with van der Waals surface area (Å²) in [5.41, 5.74) is 0.965. The highest BCUT2D eigenvalue weighted by molar-refractivity contribution is 14.0. The predicted octanol–water partition coefficient (Wildman–Crippen LogP) is 1.80. The van der Waals surface area contributed by atoms with E-state index in [1.54, 1.807) is 0 Å². The Labute approximate surface area is 161 Å². The van der Waals surface area contributed by atoms with Crippen LogP contribution in [0.5, 0.6) is 0 Å². The summed E-state index contributed by atoms with van der Waals surface area (Å²) >= 11 is 0. The molecule has 0 bridgehead atoms. The number of morpholine rings is 1. The summed E-state index contributed by atoms with van der Waals surface area (Å²) in [4.78, 5) is 6.83.